The van der Waals surface area contributed by atoms with Crippen LogP contribution >= 0.6 is 11.6 Å². The Kier molecular flexibility index (Phi) is 5.20. The van der Waals surface area contributed by atoms with Gasteiger partial charge in [-0.2, -0.15) is 5.26 Å². The number of nitriles is 1. The van der Waals surface area contributed by atoms with Crippen LogP contribution in [0.1, 0.15) is 25.8 Å². The van der Waals surface area contributed by atoms with Crippen molar-refractivity contribution in [3.05, 3.63) is 22.8 Å². The minimum Gasteiger partial charge on any atom is -0.391 e. The predicted octanol–water partition coefficient (Wildman–Crippen LogP) is 2.43. The smallest absolute Gasteiger partial charge is 0.146 e. The monoisotopic (exact) mass is 253 g/mol. The first kappa shape index (κ1) is 13.8. The Morgan fingerprint density at radius 1 is 1.59 bits per heavy atom. The van der Waals surface area contributed by atoms with E-state index in [0.29, 0.717) is 35.3 Å². The second-order valence-corrected chi connectivity index (χ2v) is 4.68. The predicted molar refractivity (Wildman–Crippen MR) is 67.9 cm³/mol. The second kappa shape index (κ2) is 6.43. The highest BCUT2D eigenvalue weighted by molar-refractivity contribution is 6.34. The van der Waals surface area contributed by atoms with Gasteiger partial charge in [-0.1, -0.05) is 25.4 Å². The SMILES string of the molecule is CC(C)CC(O)CNc1nccc(C#N)c1Cl. The molecule has 1 aromatic rings. The third-order valence-corrected chi connectivity index (χ3v) is 2.64. The molecule has 92 valence electrons. The number of rotatable bonds is 5. The van der Waals surface area contributed by atoms with Crippen LogP contribution in [-0.2, 0) is 0 Å². The van der Waals surface area contributed by atoms with Gasteiger partial charge in [-0.25, -0.2) is 4.98 Å². The molecule has 0 bridgehead atoms. The first-order chi connectivity index (χ1) is 8.04. The molecule has 1 heterocycles. The van der Waals surface area contributed by atoms with Crippen LogP contribution < -0.4 is 5.32 Å². The summed E-state index contributed by atoms with van der Waals surface area (Å²) in [7, 11) is 0. The molecular formula is C12H16ClN3O. The van der Waals surface area contributed by atoms with Gasteiger partial charge < -0.3 is 10.4 Å². The first-order valence-corrected chi connectivity index (χ1v) is 5.89. The van der Waals surface area contributed by atoms with Gasteiger partial charge in [0.1, 0.15) is 16.9 Å². The van der Waals surface area contributed by atoms with Crippen molar-refractivity contribution < 1.29 is 5.11 Å². The molecular weight excluding hydrogens is 238 g/mol. The topological polar surface area (TPSA) is 68.9 Å². The zero-order valence-electron chi connectivity index (χ0n) is 9.94. The number of hydrogen-bond acceptors (Lipinski definition) is 4. The maximum atomic E-state index is 9.70. The molecule has 0 aliphatic heterocycles. The summed E-state index contributed by atoms with van der Waals surface area (Å²) in [4.78, 5) is 4.03. The van der Waals surface area contributed by atoms with E-state index in [2.05, 4.69) is 10.3 Å². The lowest BCUT2D eigenvalue weighted by atomic mass is 10.1. The Morgan fingerprint density at radius 3 is 2.88 bits per heavy atom. The van der Waals surface area contributed by atoms with E-state index in [9.17, 15) is 5.11 Å². The van der Waals surface area contributed by atoms with Crippen LogP contribution in [0.2, 0.25) is 5.02 Å². The molecule has 17 heavy (non-hydrogen) atoms. The van der Waals surface area contributed by atoms with Gasteiger partial charge in [0.05, 0.1) is 11.7 Å². The van der Waals surface area contributed by atoms with E-state index < -0.39 is 6.10 Å². The summed E-state index contributed by atoms with van der Waals surface area (Å²) in [5, 5.41) is 21.7. The number of hydrogen-bond donors (Lipinski definition) is 2. The zero-order chi connectivity index (χ0) is 12.8. The summed E-state index contributed by atoms with van der Waals surface area (Å²) in [5.74, 6) is 0.870. The van der Waals surface area contributed by atoms with Crippen LogP contribution in [-0.4, -0.2) is 22.7 Å². The minimum absolute atomic E-state index is 0.298. The molecule has 1 rings (SSSR count). The van der Waals surface area contributed by atoms with E-state index in [1.807, 2.05) is 19.9 Å². The fourth-order valence-corrected chi connectivity index (χ4v) is 1.72. The van der Waals surface area contributed by atoms with Gasteiger partial charge in [0.25, 0.3) is 0 Å². The second-order valence-electron chi connectivity index (χ2n) is 4.30. The van der Waals surface area contributed by atoms with E-state index in [4.69, 9.17) is 16.9 Å². The van der Waals surface area contributed by atoms with Crippen LogP contribution in [0.15, 0.2) is 12.3 Å². The van der Waals surface area contributed by atoms with Crippen molar-refractivity contribution in [2.24, 2.45) is 5.92 Å². The Labute approximate surface area is 106 Å². The maximum absolute atomic E-state index is 9.70. The van der Waals surface area contributed by atoms with E-state index in [0.717, 1.165) is 0 Å². The summed E-state index contributed by atoms with van der Waals surface area (Å²) in [6, 6.07) is 3.53. The van der Waals surface area contributed by atoms with E-state index in [1.54, 1.807) is 6.07 Å². The Morgan fingerprint density at radius 2 is 2.29 bits per heavy atom. The molecule has 1 aromatic heterocycles. The van der Waals surface area contributed by atoms with Crippen molar-refractivity contribution in [1.29, 1.82) is 5.26 Å². The van der Waals surface area contributed by atoms with Crippen LogP contribution in [0.4, 0.5) is 5.82 Å². The highest BCUT2D eigenvalue weighted by atomic mass is 35.5. The number of aromatic nitrogens is 1. The molecule has 0 aliphatic rings. The Balaban J connectivity index is 2.61. The van der Waals surface area contributed by atoms with Crippen LogP contribution in [0, 0.1) is 17.2 Å². The summed E-state index contributed by atoms with van der Waals surface area (Å²) in [6.45, 7) is 4.47. The normalized spacial score (nSPS) is 12.2. The lowest BCUT2D eigenvalue weighted by Crippen LogP contribution is -2.21. The highest BCUT2D eigenvalue weighted by Gasteiger charge is 2.10. The standard InChI is InChI=1S/C12H16ClN3O/c1-8(2)5-10(17)7-16-12-11(13)9(6-14)3-4-15-12/h3-4,8,10,17H,5,7H2,1-2H3,(H,15,16). The molecule has 4 nitrogen and oxygen atoms in total. The lowest BCUT2D eigenvalue weighted by Gasteiger charge is -2.14. The van der Waals surface area contributed by atoms with E-state index in [-0.39, 0.29) is 0 Å². The molecule has 5 heteroatoms. The Bertz CT molecular complexity index is 415. The van der Waals surface area contributed by atoms with Gasteiger partial charge in [-0.05, 0) is 18.4 Å². The molecule has 0 amide bonds. The van der Waals surface area contributed by atoms with Gasteiger partial charge in [-0.3, -0.25) is 0 Å². The molecule has 2 N–H and O–H groups in total. The van der Waals surface area contributed by atoms with Crippen LogP contribution in [0.5, 0.6) is 0 Å². The number of halogens is 1. The highest BCUT2D eigenvalue weighted by Crippen LogP contribution is 2.22. The van der Waals surface area contributed by atoms with Crippen molar-refractivity contribution in [3.63, 3.8) is 0 Å². The van der Waals surface area contributed by atoms with Crippen LogP contribution in [0.3, 0.4) is 0 Å². The molecule has 0 saturated carbocycles. The van der Waals surface area contributed by atoms with E-state index in [1.165, 1.54) is 6.20 Å². The molecule has 1 atom stereocenters. The van der Waals surface area contributed by atoms with Crippen molar-refractivity contribution in [2.75, 3.05) is 11.9 Å². The van der Waals surface area contributed by atoms with Gasteiger partial charge in [-0.15, -0.1) is 0 Å². The molecule has 0 aliphatic carbocycles. The van der Waals surface area contributed by atoms with Gasteiger partial charge in [0.15, 0.2) is 0 Å². The number of anilines is 1. The zero-order valence-corrected chi connectivity index (χ0v) is 10.7. The fourth-order valence-electron chi connectivity index (χ4n) is 1.50. The number of nitrogens with one attached hydrogen (secondary N) is 1. The number of nitrogens with zero attached hydrogens (tertiary/aromatic N) is 2. The molecule has 0 radical (unpaired) electrons. The quantitative estimate of drug-likeness (QED) is 0.846. The number of aliphatic hydroxyl groups is 1. The molecule has 0 spiro atoms. The van der Waals surface area contributed by atoms with Crippen molar-refractivity contribution in [2.45, 2.75) is 26.4 Å². The summed E-state index contributed by atoms with van der Waals surface area (Å²) < 4.78 is 0. The van der Waals surface area contributed by atoms with Crippen molar-refractivity contribution in [1.82, 2.24) is 4.98 Å². The Hall–Kier alpha value is -1.31. The summed E-state index contributed by atoms with van der Waals surface area (Å²) >= 11 is 5.97. The average molecular weight is 254 g/mol. The van der Waals surface area contributed by atoms with Crippen molar-refractivity contribution in [3.8, 4) is 6.07 Å². The average Bonchev–Trinajstić information content (AvgIpc) is 2.27. The molecule has 0 aromatic carbocycles. The molecule has 0 saturated heterocycles. The third-order valence-electron chi connectivity index (χ3n) is 2.26. The van der Waals surface area contributed by atoms with Gasteiger partial charge >= 0.3 is 0 Å². The molecule has 1 unspecified atom stereocenters. The largest absolute Gasteiger partial charge is 0.391 e. The number of aliphatic hydroxyl groups excluding tert-OH is 1. The maximum Gasteiger partial charge on any atom is 0.146 e. The first-order valence-electron chi connectivity index (χ1n) is 5.51. The summed E-state index contributed by atoms with van der Waals surface area (Å²) in [5.41, 5.74) is 0.377. The lowest BCUT2D eigenvalue weighted by molar-refractivity contribution is 0.161. The van der Waals surface area contributed by atoms with Gasteiger partial charge in [0, 0.05) is 12.7 Å². The molecule has 0 fully saturated rings. The number of pyridine rings is 1. The van der Waals surface area contributed by atoms with Crippen LogP contribution in [0.25, 0.3) is 0 Å². The minimum atomic E-state index is -0.446. The third kappa shape index (κ3) is 4.22. The van der Waals surface area contributed by atoms with Crippen molar-refractivity contribution >= 4 is 17.4 Å². The fraction of sp³-hybridized carbons (Fsp3) is 0.500. The van der Waals surface area contributed by atoms with Gasteiger partial charge in [0.2, 0.25) is 0 Å². The summed E-state index contributed by atoms with van der Waals surface area (Å²) in [6.07, 6.45) is 1.78. The van der Waals surface area contributed by atoms with E-state index >= 15 is 0 Å².